The molecule has 0 aliphatic carbocycles. The fourth-order valence-electron chi connectivity index (χ4n) is 4.46. The van der Waals surface area contributed by atoms with Crippen molar-refractivity contribution in [3.05, 3.63) is 64.8 Å². The minimum Gasteiger partial charge on any atom is -0.369 e. The first-order valence-electron chi connectivity index (χ1n) is 10.1. The topological polar surface area (TPSA) is 80.7 Å². The summed E-state index contributed by atoms with van der Waals surface area (Å²) in [5.41, 5.74) is 3.35. The van der Waals surface area contributed by atoms with Crippen LogP contribution in [0.3, 0.4) is 0 Å². The molecule has 0 spiro atoms. The molecule has 0 bridgehead atoms. The minimum absolute atomic E-state index is 0.109. The average molecular weight is 423 g/mol. The highest BCUT2D eigenvalue weighted by Crippen LogP contribution is 2.39. The summed E-state index contributed by atoms with van der Waals surface area (Å²) in [6.07, 6.45) is 1.39. The fourth-order valence-corrected chi connectivity index (χ4v) is 4.64. The third kappa shape index (κ3) is 2.99. The zero-order valence-electron chi connectivity index (χ0n) is 16.8. The number of hydrogen-bond donors (Lipinski definition) is 3. The second-order valence-corrected chi connectivity index (χ2v) is 8.70. The summed E-state index contributed by atoms with van der Waals surface area (Å²) in [5, 5.41) is 16.0. The van der Waals surface area contributed by atoms with Crippen molar-refractivity contribution in [2.75, 3.05) is 0 Å². The van der Waals surface area contributed by atoms with Gasteiger partial charge in [-0.05, 0) is 35.7 Å². The summed E-state index contributed by atoms with van der Waals surface area (Å²) >= 11 is 6.18. The van der Waals surface area contributed by atoms with Crippen molar-refractivity contribution in [1.82, 2.24) is 15.2 Å². The molecule has 6 nitrogen and oxygen atoms in total. The maximum Gasteiger partial charge on any atom is 0.243 e. The highest BCUT2D eigenvalue weighted by Gasteiger charge is 2.45. The van der Waals surface area contributed by atoms with Gasteiger partial charge in [-0.1, -0.05) is 43.6 Å². The van der Waals surface area contributed by atoms with Crippen LogP contribution in [0.2, 0.25) is 5.02 Å². The monoisotopic (exact) mass is 422 g/mol. The van der Waals surface area contributed by atoms with Gasteiger partial charge in [0.05, 0.1) is 11.7 Å². The number of hydrogen-bond acceptors (Lipinski definition) is 4. The second kappa shape index (κ2) is 7.15. The van der Waals surface area contributed by atoms with Gasteiger partial charge >= 0.3 is 0 Å². The molecule has 1 aromatic heterocycles. The van der Waals surface area contributed by atoms with Crippen molar-refractivity contribution in [1.29, 1.82) is 0 Å². The lowest BCUT2D eigenvalue weighted by molar-refractivity contribution is -0.131. The smallest absolute Gasteiger partial charge is 0.243 e. The van der Waals surface area contributed by atoms with Crippen LogP contribution in [0.25, 0.3) is 10.9 Å². The number of carbonyl (C=O) groups is 1. The number of amidine groups is 1. The third-order valence-electron chi connectivity index (χ3n) is 6.00. The Morgan fingerprint density at radius 1 is 1.23 bits per heavy atom. The Bertz CT molecular complexity index is 1170. The summed E-state index contributed by atoms with van der Waals surface area (Å²) in [7, 11) is 0. The first-order valence-corrected chi connectivity index (χ1v) is 10.5. The summed E-state index contributed by atoms with van der Waals surface area (Å²) < 4.78 is 0. The van der Waals surface area contributed by atoms with E-state index in [9.17, 15) is 9.90 Å². The van der Waals surface area contributed by atoms with Crippen LogP contribution in [0.4, 0.5) is 5.69 Å². The number of halogens is 1. The molecule has 3 aromatic rings. The van der Waals surface area contributed by atoms with Crippen LogP contribution in [0.1, 0.15) is 31.2 Å². The first-order chi connectivity index (χ1) is 14.4. The second-order valence-electron chi connectivity index (χ2n) is 8.26. The van der Waals surface area contributed by atoms with Gasteiger partial charge in [0.25, 0.3) is 0 Å². The van der Waals surface area contributed by atoms with E-state index in [0.717, 1.165) is 16.5 Å². The molecule has 2 aliphatic heterocycles. The summed E-state index contributed by atoms with van der Waals surface area (Å²) in [6.45, 7) is 4.07. The molecular formula is C23H23ClN4O2. The fraction of sp³-hybridized carbons (Fsp3) is 0.304. The summed E-state index contributed by atoms with van der Waals surface area (Å²) in [6, 6.07) is 12.5. The van der Waals surface area contributed by atoms with Crippen molar-refractivity contribution in [3.8, 4) is 0 Å². The molecular weight excluding hydrogens is 400 g/mol. The molecule has 3 N–H and O–H groups in total. The Labute approximate surface area is 179 Å². The number of rotatable bonds is 3. The van der Waals surface area contributed by atoms with Crippen LogP contribution in [0.15, 0.2) is 53.7 Å². The van der Waals surface area contributed by atoms with E-state index in [1.165, 1.54) is 0 Å². The van der Waals surface area contributed by atoms with E-state index in [1.807, 2.05) is 50.4 Å². The molecule has 0 radical (unpaired) electrons. The Kier molecular flexibility index (Phi) is 4.56. The van der Waals surface area contributed by atoms with Gasteiger partial charge in [-0.2, -0.15) is 0 Å². The number of nitrogens with one attached hydrogen (secondary N) is 2. The van der Waals surface area contributed by atoms with Gasteiger partial charge in [-0.15, -0.1) is 0 Å². The SMILES string of the molecule is CC(C)[C@@H]1NC(=O)[C@@H](Cc2c[nH]c3ccccc23)N2C1=Nc1ccc(Cl)cc1C2O. The van der Waals surface area contributed by atoms with Gasteiger partial charge in [0, 0.05) is 34.1 Å². The van der Waals surface area contributed by atoms with E-state index in [4.69, 9.17) is 16.6 Å². The summed E-state index contributed by atoms with van der Waals surface area (Å²) in [4.78, 5) is 23.1. The van der Waals surface area contributed by atoms with Gasteiger partial charge < -0.3 is 20.3 Å². The Morgan fingerprint density at radius 2 is 2.03 bits per heavy atom. The van der Waals surface area contributed by atoms with Gasteiger partial charge in [0.2, 0.25) is 5.91 Å². The number of fused-ring (bicyclic) bond motifs is 3. The van der Waals surface area contributed by atoms with Gasteiger partial charge in [0.15, 0.2) is 6.23 Å². The number of aliphatic hydroxyl groups is 1. The molecule has 3 heterocycles. The lowest BCUT2D eigenvalue weighted by atomic mass is 9.91. The largest absolute Gasteiger partial charge is 0.369 e. The van der Waals surface area contributed by atoms with E-state index >= 15 is 0 Å². The standard InChI is InChI=1S/C23H23ClN4O2/c1-12(2)20-21-26-18-8-7-14(24)10-16(18)23(30)28(21)19(22(29)27-20)9-13-11-25-17-6-4-3-5-15(13)17/h3-8,10-12,19-20,23,25,30H,9H2,1-2H3,(H,27,29)/t19-,20+,23?/m1/s1. The number of benzene rings is 2. The number of H-pyrrole nitrogens is 1. The predicted molar refractivity (Wildman–Crippen MR) is 118 cm³/mol. The van der Waals surface area contributed by atoms with E-state index < -0.39 is 12.3 Å². The maximum absolute atomic E-state index is 13.2. The van der Waals surface area contributed by atoms with Gasteiger partial charge in [-0.25, -0.2) is 4.99 Å². The Hall–Kier alpha value is -2.83. The molecule has 7 heteroatoms. The lowest BCUT2D eigenvalue weighted by Gasteiger charge is -2.47. The van der Waals surface area contributed by atoms with Gasteiger partial charge in [0.1, 0.15) is 11.9 Å². The number of para-hydroxylation sites is 1. The van der Waals surface area contributed by atoms with Crippen LogP contribution < -0.4 is 5.32 Å². The number of aliphatic hydroxyl groups excluding tert-OH is 1. The molecule has 1 saturated heterocycles. The van der Waals surface area contributed by atoms with Gasteiger partial charge in [-0.3, -0.25) is 4.79 Å². The number of nitrogens with zero attached hydrogens (tertiary/aromatic N) is 2. The van der Waals surface area contributed by atoms with Crippen LogP contribution >= 0.6 is 11.6 Å². The maximum atomic E-state index is 13.2. The third-order valence-corrected chi connectivity index (χ3v) is 6.24. The number of amides is 1. The van der Waals surface area contributed by atoms with Crippen LogP contribution in [0.5, 0.6) is 0 Å². The molecule has 0 saturated carbocycles. The summed E-state index contributed by atoms with van der Waals surface area (Å²) in [5.74, 6) is 0.713. The molecule has 1 amide bonds. The van der Waals surface area contributed by atoms with Crippen LogP contribution in [-0.4, -0.2) is 38.8 Å². The quantitative estimate of drug-likeness (QED) is 0.598. The first kappa shape index (κ1) is 19.2. The molecule has 154 valence electrons. The molecule has 2 aliphatic rings. The molecule has 2 aromatic carbocycles. The van der Waals surface area contributed by atoms with Crippen molar-refractivity contribution < 1.29 is 9.90 Å². The van der Waals surface area contributed by atoms with Crippen LogP contribution in [-0.2, 0) is 11.2 Å². The van der Waals surface area contributed by atoms with Crippen molar-refractivity contribution in [2.24, 2.45) is 10.9 Å². The van der Waals surface area contributed by atoms with Crippen molar-refractivity contribution >= 4 is 39.9 Å². The zero-order chi connectivity index (χ0) is 21.0. The zero-order valence-corrected chi connectivity index (χ0v) is 17.5. The van der Waals surface area contributed by atoms with E-state index in [2.05, 4.69) is 10.3 Å². The average Bonchev–Trinajstić information content (AvgIpc) is 3.13. The molecule has 3 atom stereocenters. The van der Waals surface area contributed by atoms with E-state index in [1.54, 1.807) is 17.0 Å². The number of carbonyl (C=O) groups excluding carboxylic acids is 1. The van der Waals surface area contributed by atoms with Crippen LogP contribution in [0, 0.1) is 5.92 Å². The van der Waals surface area contributed by atoms with E-state index in [0.29, 0.717) is 28.5 Å². The molecule has 1 unspecified atom stereocenters. The van der Waals surface area contributed by atoms with E-state index in [-0.39, 0.29) is 17.9 Å². The number of aliphatic imine (C=N–C) groups is 1. The highest BCUT2D eigenvalue weighted by atomic mass is 35.5. The number of aromatic amines is 1. The molecule has 5 rings (SSSR count). The van der Waals surface area contributed by atoms with Crippen molar-refractivity contribution in [3.63, 3.8) is 0 Å². The Morgan fingerprint density at radius 3 is 2.83 bits per heavy atom. The molecule has 1 fully saturated rings. The normalized spacial score (nSPS) is 23.2. The van der Waals surface area contributed by atoms with Crippen molar-refractivity contribution in [2.45, 2.75) is 38.6 Å². The number of piperazine rings is 1. The predicted octanol–water partition coefficient (Wildman–Crippen LogP) is 3.92. The highest BCUT2D eigenvalue weighted by molar-refractivity contribution is 6.30. The minimum atomic E-state index is -0.992. The number of aromatic nitrogens is 1. The Balaban J connectivity index is 1.60. The lowest BCUT2D eigenvalue weighted by Crippen LogP contribution is -2.66. The molecule has 30 heavy (non-hydrogen) atoms.